The van der Waals surface area contributed by atoms with E-state index < -0.39 is 0 Å². The number of rotatable bonds is 6. The Labute approximate surface area is 184 Å². The van der Waals surface area contributed by atoms with Gasteiger partial charge in [-0.2, -0.15) is 0 Å². The van der Waals surface area contributed by atoms with E-state index in [0.717, 1.165) is 15.3 Å². The molecule has 0 unspecified atom stereocenters. The molecule has 1 saturated heterocycles. The molecule has 0 spiro atoms. The molecule has 7 nitrogen and oxygen atoms in total. The molecular formula is C21H29N3O4S2. The van der Waals surface area contributed by atoms with Gasteiger partial charge in [-0.25, -0.2) is 4.98 Å². The Hall–Kier alpha value is -1.87. The molecule has 0 aromatic carbocycles. The number of piperidine rings is 1. The fraction of sp³-hybridized carbons (Fsp3) is 0.619. The second-order valence-electron chi connectivity index (χ2n) is 7.52. The molecule has 1 amide bonds. The maximum atomic E-state index is 13.0. The van der Waals surface area contributed by atoms with Gasteiger partial charge in [-0.15, -0.1) is 11.3 Å². The highest BCUT2D eigenvalue weighted by Gasteiger charge is 2.31. The van der Waals surface area contributed by atoms with Crippen molar-refractivity contribution in [2.24, 2.45) is 5.92 Å². The second kappa shape index (κ2) is 9.51. The number of aromatic nitrogens is 2. The smallest absolute Gasteiger partial charge is 0.309 e. The zero-order valence-electron chi connectivity index (χ0n) is 18.2. The summed E-state index contributed by atoms with van der Waals surface area (Å²) in [5.74, 6) is -0.285. The zero-order valence-corrected chi connectivity index (χ0v) is 19.8. The summed E-state index contributed by atoms with van der Waals surface area (Å²) in [5.41, 5.74) is 0.946. The van der Waals surface area contributed by atoms with Gasteiger partial charge in [0, 0.05) is 24.5 Å². The third-order valence-electron chi connectivity index (χ3n) is 5.63. The van der Waals surface area contributed by atoms with Crippen molar-refractivity contribution in [2.75, 3.05) is 19.7 Å². The Morgan fingerprint density at radius 2 is 1.93 bits per heavy atom. The number of ether oxygens (including phenoxy) is 1. The van der Waals surface area contributed by atoms with Gasteiger partial charge < -0.3 is 9.64 Å². The summed E-state index contributed by atoms with van der Waals surface area (Å²) in [6.07, 6.45) is 1.25. The Morgan fingerprint density at radius 1 is 1.27 bits per heavy atom. The molecule has 0 radical (unpaired) electrons. The van der Waals surface area contributed by atoms with Gasteiger partial charge in [0.05, 0.1) is 23.2 Å². The van der Waals surface area contributed by atoms with Crippen molar-refractivity contribution in [1.82, 2.24) is 14.5 Å². The molecule has 3 heterocycles. The molecule has 0 aliphatic carbocycles. The maximum absolute atomic E-state index is 13.0. The van der Waals surface area contributed by atoms with Crippen molar-refractivity contribution in [3.05, 3.63) is 20.8 Å². The number of thiophene rings is 1. The molecule has 164 valence electrons. The lowest BCUT2D eigenvalue weighted by Crippen LogP contribution is -2.43. The fourth-order valence-electron chi connectivity index (χ4n) is 3.74. The molecular weight excluding hydrogens is 422 g/mol. The molecule has 1 aliphatic rings. The van der Waals surface area contributed by atoms with Crippen LogP contribution >= 0.6 is 23.1 Å². The number of amides is 1. The van der Waals surface area contributed by atoms with Crippen LogP contribution in [0.4, 0.5) is 0 Å². The van der Waals surface area contributed by atoms with Crippen molar-refractivity contribution in [1.29, 1.82) is 0 Å². The van der Waals surface area contributed by atoms with Gasteiger partial charge in [-0.3, -0.25) is 19.0 Å². The highest BCUT2D eigenvalue weighted by atomic mass is 32.2. The van der Waals surface area contributed by atoms with Crippen molar-refractivity contribution in [3.8, 4) is 0 Å². The van der Waals surface area contributed by atoms with E-state index in [1.165, 1.54) is 23.1 Å². The molecule has 0 bridgehead atoms. The van der Waals surface area contributed by atoms with Crippen molar-refractivity contribution in [2.45, 2.75) is 64.4 Å². The first-order valence-electron chi connectivity index (χ1n) is 10.4. The molecule has 0 N–H and O–H groups in total. The lowest BCUT2D eigenvalue weighted by molar-refractivity contribution is -0.151. The van der Waals surface area contributed by atoms with Gasteiger partial charge in [0.25, 0.3) is 5.56 Å². The lowest BCUT2D eigenvalue weighted by atomic mass is 9.97. The third-order valence-corrected chi connectivity index (χ3v) is 7.81. The van der Waals surface area contributed by atoms with Gasteiger partial charge >= 0.3 is 5.97 Å². The fourth-order valence-corrected chi connectivity index (χ4v) is 5.87. The number of thioether (sulfide) groups is 1. The first kappa shape index (κ1) is 22.8. The number of fused-ring (bicyclic) bond motifs is 1. The van der Waals surface area contributed by atoms with Crippen LogP contribution in [-0.2, 0) is 20.9 Å². The van der Waals surface area contributed by atoms with Crippen LogP contribution in [-0.4, -0.2) is 51.3 Å². The van der Waals surface area contributed by atoms with Crippen LogP contribution in [0, 0.1) is 19.8 Å². The summed E-state index contributed by atoms with van der Waals surface area (Å²) >= 11 is 2.85. The Kier molecular flexibility index (Phi) is 7.23. The average Bonchev–Trinajstić information content (AvgIpc) is 3.01. The minimum atomic E-state index is -0.367. The number of carbonyl (C=O) groups is 2. The zero-order chi connectivity index (χ0) is 22.0. The summed E-state index contributed by atoms with van der Waals surface area (Å²) in [6.45, 7) is 11.5. The number of hydrogen-bond donors (Lipinski definition) is 0. The van der Waals surface area contributed by atoms with E-state index in [0.29, 0.717) is 49.6 Å². The minimum absolute atomic E-state index is 0.0119. The predicted octanol–water partition coefficient (Wildman–Crippen LogP) is 3.38. The topological polar surface area (TPSA) is 81.5 Å². The molecule has 1 atom stereocenters. The van der Waals surface area contributed by atoms with Crippen LogP contribution in [0.1, 0.15) is 44.1 Å². The largest absolute Gasteiger partial charge is 0.466 e. The van der Waals surface area contributed by atoms with Gasteiger partial charge in [-0.05, 0) is 53.0 Å². The Balaban J connectivity index is 1.74. The average molecular weight is 452 g/mol. The first-order valence-corrected chi connectivity index (χ1v) is 12.1. The lowest BCUT2D eigenvalue weighted by Gasteiger charge is -2.32. The van der Waals surface area contributed by atoms with E-state index in [4.69, 9.17) is 9.72 Å². The Bertz CT molecular complexity index is 1010. The van der Waals surface area contributed by atoms with E-state index >= 15 is 0 Å². The normalized spacial score (nSPS) is 16.1. The van der Waals surface area contributed by atoms with E-state index in [-0.39, 0.29) is 28.6 Å². The molecule has 1 aliphatic heterocycles. The number of aryl methyl sites for hydroxylation is 2. The van der Waals surface area contributed by atoms with E-state index in [1.807, 2.05) is 27.7 Å². The van der Waals surface area contributed by atoms with Gasteiger partial charge in [0.2, 0.25) is 5.91 Å². The highest BCUT2D eigenvalue weighted by Crippen LogP contribution is 2.30. The number of nitrogens with zero attached hydrogens (tertiary/aromatic N) is 3. The van der Waals surface area contributed by atoms with Crippen molar-refractivity contribution >= 4 is 45.2 Å². The van der Waals surface area contributed by atoms with Gasteiger partial charge in [0.15, 0.2) is 5.16 Å². The molecule has 1 fully saturated rings. The van der Waals surface area contributed by atoms with Crippen LogP contribution in [0.15, 0.2) is 9.95 Å². The minimum Gasteiger partial charge on any atom is -0.466 e. The maximum Gasteiger partial charge on any atom is 0.309 e. The standard InChI is InChI=1S/C21H29N3O4S2/c1-6-24-19(26)16-12(3)13(4)29-17(16)22-21(24)30-14(5)18(25)23-10-8-15(9-11-23)20(27)28-7-2/h14-15H,6-11H2,1-5H3/t14-/m1/s1. The third kappa shape index (κ3) is 4.42. The van der Waals surface area contributed by atoms with Crippen LogP contribution in [0.5, 0.6) is 0 Å². The molecule has 3 rings (SSSR count). The van der Waals surface area contributed by atoms with Crippen molar-refractivity contribution in [3.63, 3.8) is 0 Å². The van der Waals surface area contributed by atoms with E-state index in [1.54, 1.807) is 16.4 Å². The van der Waals surface area contributed by atoms with Crippen LogP contribution in [0.25, 0.3) is 10.2 Å². The van der Waals surface area contributed by atoms with Gasteiger partial charge in [-0.1, -0.05) is 11.8 Å². The molecule has 0 saturated carbocycles. The summed E-state index contributed by atoms with van der Waals surface area (Å²) < 4.78 is 6.76. The molecule has 2 aromatic rings. The monoisotopic (exact) mass is 451 g/mol. The number of esters is 1. The second-order valence-corrected chi connectivity index (χ2v) is 10.0. The van der Waals surface area contributed by atoms with Crippen LogP contribution in [0.2, 0.25) is 0 Å². The number of likely N-dealkylation sites (tertiary alicyclic amines) is 1. The van der Waals surface area contributed by atoms with Crippen LogP contribution in [0.3, 0.4) is 0 Å². The predicted molar refractivity (Wildman–Crippen MR) is 120 cm³/mol. The molecule has 30 heavy (non-hydrogen) atoms. The quantitative estimate of drug-likeness (QED) is 0.380. The van der Waals surface area contributed by atoms with E-state index in [2.05, 4.69) is 0 Å². The molecule has 9 heteroatoms. The summed E-state index contributed by atoms with van der Waals surface area (Å²) in [5, 5.41) is 0.899. The summed E-state index contributed by atoms with van der Waals surface area (Å²) in [6, 6.07) is 0. The number of carbonyl (C=O) groups excluding carboxylic acids is 2. The Morgan fingerprint density at radius 3 is 2.53 bits per heavy atom. The molecule has 2 aromatic heterocycles. The van der Waals surface area contributed by atoms with Crippen LogP contribution < -0.4 is 5.56 Å². The summed E-state index contributed by atoms with van der Waals surface area (Å²) in [7, 11) is 0. The van der Waals surface area contributed by atoms with Crippen molar-refractivity contribution < 1.29 is 14.3 Å². The SMILES string of the molecule is CCOC(=O)C1CCN(C(=O)[C@@H](C)Sc2nc3sc(C)c(C)c3c(=O)n2CC)CC1. The van der Waals surface area contributed by atoms with E-state index in [9.17, 15) is 14.4 Å². The summed E-state index contributed by atoms with van der Waals surface area (Å²) in [4.78, 5) is 46.3. The number of hydrogen-bond acceptors (Lipinski definition) is 7. The highest BCUT2D eigenvalue weighted by molar-refractivity contribution is 8.00. The first-order chi connectivity index (χ1) is 14.3. The van der Waals surface area contributed by atoms with Gasteiger partial charge in [0.1, 0.15) is 4.83 Å².